The molecule has 0 fully saturated rings. The minimum absolute atomic E-state index is 1.13. The number of allylic oxidation sites excluding steroid dienone is 2. The zero-order valence-corrected chi connectivity index (χ0v) is 12.1. The van der Waals surface area contributed by atoms with Gasteiger partial charge in [-0.05, 0) is 31.2 Å². The summed E-state index contributed by atoms with van der Waals surface area (Å²) in [6.07, 6.45) is 7.72. The van der Waals surface area contributed by atoms with Gasteiger partial charge < -0.3 is 4.90 Å². The van der Waals surface area contributed by atoms with Crippen molar-refractivity contribution in [2.75, 3.05) is 19.3 Å². The van der Waals surface area contributed by atoms with E-state index in [9.17, 15) is 0 Å². The Morgan fingerprint density at radius 3 is 2.72 bits per heavy atom. The Bertz CT molecular complexity index is 372. The Balaban J connectivity index is 1.64. The Kier molecular flexibility index (Phi) is 5.66. The van der Waals surface area contributed by atoms with E-state index in [1.165, 1.54) is 43.5 Å². The average Bonchev–Trinajstić information content (AvgIpc) is 2.45. The summed E-state index contributed by atoms with van der Waals surface area (Å²) in [5.74, 6) is 2.34. The molecule has 0 bridgehead atoms. The number of thioether (sulfide) groups is 1. The number of hydrogen-bond acceptors (Lipinski definition) is 2. The summed E-state index contributed by atoms with van der Waals surface area (Å²) in [4.78, 5) is 2.44. The molecule has 98 valence electrons. The third kappa shape index (κ3) is 4.41. The van der Waals surface area contributed by atoms with Crippen molar-refractivity contribution in [1.29, 1.82) is 0 Å². The Morgan fingerprint density at radius 1 is 1.17 bits per heavy atom. The van der Waals surface area contributed by atoms with Crippen molar-refractivity contribution in [3.63, 3.8) is 0 Å². The van der Waals surface area contributed by atoms with E-state index >= 15 is 0 Å². The molecule has 1 aliphatic rings. The zero-order chi connectivity index (χ0) is 12.6. The molecule has 0 N–H and O–H groups in total. The molecule has 2 rings (SSSR count). The molecular formula is C16H23NS. The van der Waals surface area contributed by atoms with Gasteiger partial charge in [0.25, 0.3) is 0 Å². The summed E-state index contributed by atoms with van der Waals surface area (Å²) in [7, 11) is 2.24. The van der Waals surface area contributed by atoms with E-state index in [0.717, 1.165) is 5.75 Å². The summed E-state index contributed by atoms with van der Waals surface area (Å²) >= 11 is 2.03. The van der Waals surface area contributed by atoms with Gasteiger partial charge >= 0.3 is 0 Å². The van der Waals surface area contributed by atoms with Crippen molar-refractivity contribution in [1.82, 2.24) is 4.90 Å². The van der Waals surface area contributed by atoms with Gasteiger partial charge in [0.1, 0.15) is 0 Å². The molecule has 1 aliphatic carbocycles. The molecule has 0 amide bonds. The second-order valence-corrected chi connectivity index (χ2v) is 6.01. The number of benzene rings is 1. The number of hydrogen-bond donors (Lipinski definition) is 0. The van der Waals surface area contributed by atoms with E-state index in [1.54, 1.807) is 5.70 Å². The van der Waals surface area contributed by atoms with Crippen LogP contribution in [0.25, 0.3) is 0 Å². The lowest BCUT2D eigenvalue weighted by molar-refractivity contribution is 0.409. The smallest absolute Gasteiger partial charge is 0.0262 e. The molecule has 0 unspecified atom stereocenters. The lowest BCUT2D eigenvalue weighted by Crippen LogP contribution is -2.21. The monoisotopic (exact) mass is 261 g/mol. The second kappa shape index (κ2) is 7.52. The fourth-order valence-electron chi connectivity index (χ4n) is 2.28. The molecule has 0 aliphatic heterocycles. The molecule has 2 heteroatoms. The van der Waals surface area contributed by atoms with Crippen LogP contribution in [0.3, 0.4) is 0 Å². The molecule has 0 radical (unpaired) electrons. The Morgan fingerprint density at radius 2 is 2.00 bits per heavy atom. The third-order valence-corrected chi connectivity index (χ3v) is 4.45. The van der Waals surface area contributed by atoms with E-state index < -0.39 is 0 Å². The molecule has 0 saturated carbocycles. The highest BCUT2D eigenvalue weighted by Gasteiger charge is 2.07. The Hall–Kier alpha value is -0.890. The van der Waals surface area contributed by atoms with Crippen LogP contribution in [0.2, 0.25) is 0 Å². The molecule has 18 heavy (non-hydrogen) atoms. The Labute approximate surface area is 115 Å². The predicted octanol–water partition coefficient (Wildman–Crippen LogP) is 4.31. The molecule has 1 aromatic carbocycles. The maximum absolute atomic E-state index is 2.44. The van der Waals surface area contributed by atoms with Crippen molar-refractivity contribution >= 4 is 11.8 Å². The predicted molar refractivity (Wildman–Crippen MR) is 81.8 cm³/mol. The van der Waals surface area contributed by atoms with Crippen LogP contribution in [0.1, 0.15) is 31.2 Å². The molecule has 0 heterocycles. The largest absolute Gasteiger partial charge is 0.377 e. The SMILES string of the molecule is CN(CCSCc1ccccc1)C1=CCCCC1. The maximum Gasteiger partial charge on any atom is 0.0262 e. The standard InChI is InChI=1S/C16H23NS/c1-17(16-10-6-3-7-11-16)12-13-18-14-15-8-4-2-5-9-15/h2,4-5,8-10H,3,6-7,11-14H2,1H3. The van der Waals surface area contributed by atoms with Crippen LogP contribution in [0.4, 0.5) is 0 Å². The fourth-order valence-corrected chi connectivity index (χ4v) is 3.25. The molecule has 0 atom stereocenters. The van der Waals surface area contributed by atoms with Crippen LogP contribution < -0.4 is 0 Å². The first-order valence-corrected chi connectivity index (χ1v) is 8.03. The fraction of sp³-hybridized carbons (Fsp3) is 0.500. The highest BCUT2D eigenvalue weighted by atomic mass is 32.2. The van der Waals surface area contributed by atoms with Gasteiger partial charge in [-0.1, -0.05) is 36.4 Å². The minimum Gasteiger partial charge on any atom is -0.377 e. The lowest BCUT2D eigenvalue weighted by Gasteiger charge is -2.25. The van der Waals surface area contributed by atoms with Crippen LogP contribution in [-0.2, 0) is 5.75 Å². The van der Waals surface area contributed by atoms with Gasteiger partial charge in [0, 0.05) is 30.8 Å². The van der Waals surface area contributed by atoms with Crippen molar-refractivity contribution in [2.24, 2.45) is 0 Å². The molecule has 1 aromatic rings. The van der Waals surface area contributed by atoms with E-state index in [1.807, 2.05) is 11.8 Å². The summed E-state index contributed by atoms with van der Waals surface area (Å²) in [6, 6.07) is 10.7. The maximum atomic E-state index is 2.44. The van der Waals surface area contributed by atoms with Gasteiger partial charge in [0.2, 0.25) is 0 Å². The zero-order valence-electron chi connectivity index (χ0n) is 11.3. The van der Waals surface area contributed by atoms with Crippen molar-refractivity contribution in [3.05, 3.63) is 47.7 Å². The van der Waals surface area contributed by atoms with E-state index in [2.05, 4.69) is 48.4 Å². The first kappa shape index (κ1) is 13.5. The molecular weight excluding hydrogens is 238 g/mol. The van der Waals surface area contributed by atoms with Gasteiger partial charge in [-0.3, -0.25) is 0 Å². The van der Waals surface area contributed by atoms with Gasteiger partial charge in [-0.25, -0.2) is 0 Å². The second-order valence-electron chi connectivity index (χ2n) is 4.90. The minimum atomic E-state index is 1.13. The van der Waals surface area contributed by atoms with E-state index in [-0.39, 0.29) is 0 Å². The van der Waals surface area contributed by atoms with E-state index in [4.69, 9.17) is 0 Å². The molecule has 0 spiro atoms. The quantitative estimate of drug-likeness (QED) is 0.702. The normalized spacial score (nSPS) is 15.3. The summed E-state index contributed by atoms with van der Waals surface area (Å²) in [5.41, 5.74) is 2.99. The van der Waals surface area contributed by atoms with Crippen molar-refractivity contribution in [3.8, 4) is 0 Å². The lowest BCUT2D eigenvalue weighted by atomic mass is 10.0. The molecule has 0 aromatic heterocycles. The van der Waals surface area contributed by atoms with E-state index in [0.29, 0.717) is 0 Å². The highest BCUT2D eigenvalue weighted by molar-refractivity contribution is 7.98. The summed E-state index contributed by atoms with van der Waals surface area (Å²) in [6.45, 7) is 1.17. The average molecular weight is 261 g/mol. The summed E-state index contributed by atoms with van der Waals surface area (Å²) in [5, 5.41) is 0. The van der Waals surface area contributed by atoms with Crippen molar-refractivity contribution < 1.29 is 0 Å². The van der Waals surface area contributed by atoms with Crippen LogP contribution >= 0.6 is 11.8 Å². The summed E-state index contributed by atoms with van der Waals surface area (Å²) < 4.78 is 0. The highest BCUT2D eigenvalue weighted by Crippen LogP contribution is 2.20. The number of nitrogens with zero attached hydrogens (tertiary/aromatic N) is 1. The van der Waals surface area contributed by atoms with Crippen molar-refractivity contribution in [2.45, 2.75) is 31.4 Å². The first-order valence-electron chi connectivity index (χ1n) is 6.88. The van der Waals surface area contributed by atoms with Gasteiger partial charge in [-0.15, -0.1) is 0 Å². The van der Waals surface area contributed by atoms with Crippen LogP contribution in [0.15, 0.2) is 42.1 Å². The van der Waals surface area contributed by atoms with Gasteiger partial charge in [0.05, 0.1) is 0 Å². The van der Waals surface area contributed by atoms with Gasteiger partial charge in [0.15, 0.2) is 0 Å². The molecule has 0 saturated heterocycles. The van der Waals surface area contributed by atoms with Crippen LogP contribution in [-0.4, -0.2) is 24.2 Å². The topological polar surface area (TPSA) is 3.24 Å². The first-order chi connectivity index (χ1) is 8.86. The number of rotatable bonds is 6. The third-order valence-electron chi connectivity index (χ3n) is 3.44. The van der Waals surface area contributed by atoms with Gasteiger partial charge in [-0.2, -0.15) is 11.8 Å². The van der Waals surface area contributed by atoms with Crippen LogP contribution in [0.5, 0.6) is 0 Å². The molecule has 1 nitrogen and oxygen atoms in total. The van der Waals surface area contributed by atoms with Crippen LogP contribution in [0, 0.1) is 0 Å².